The van der Waals surface area contributed by atoms with Crippen molar-refractivity contribution in [1.29, 1.82) is 0 Å². The second-order valence-electron chi connectivity index (χ2n) is 6.28. The zero-order valence-corrected chi connectivity index (χ0v) is 15.9. The molecule has 0 saturated heterocycles. The van der Waals surface area contributed by atoms with Crippen LogP contribution in [0.5, 0.6) is 0 Å². The summed E-state index contributed by atoms with van der Waals surface area (Å²) in [7, 11) is 1.55. The third-order valence-electron chi connectivity index (χ3n) is 3.73. The highest BCUT2D eigenvalue weighted by molar-refractivity contribution is 7.12. The summed E-state index contributed by atoms with van der Waals surface area (Å²) >= 11 is 1.36. The van der Waals surface area contributed by atoms with Crippen molar-refractivity contribution in [2.45, 2.75) is 26.3 Å². The van der Waals surface area contributed by atoms with Crippen LogP contribution in [0, 0.1) is 5.92 Å². The second kappa shape index (κ2) is 9.15. The maximum atomic E-state index is 12.4. The van der Waals surface area contributed by atoms with Gasteiger partial charge in [0.2, 0.25) is 5.91 Å². The summed E-state index contributed by atoms with van der Waals surface area (Å²) in [5, 5.41) is 9.95. The number of carbonyl (C=O) groups is 3. The van der Waals surface area contributed by atoms with E-state index in [1.54, 1.807) is 37.4 Å². The van der Waals surface area contributed by atoms with Gasteiger partial charge in [0.15, 0.2) is 0 Å². The monoisotopic (exact) mass is 373 g/mol. The molecule has 0 aliphatic rings. The molecule has 26 heavy (non-hydrogen) atoms. The van der Waals surface area contributed by atoms with Gasteiger partial charge in [-0.2, -0.15) is 0 Å². The van der Waals surface area contributed by atoms with Crippen molar-refractivity contribution < 1.29 is 14.4 Å². The van der Waals surface area contributed by atoms with E-state index in [2.05, 4.69) is 16.0 Å². The quantitative estimate of drug-likeness (QED) is 0.697. The van der Waals surface area contributed by atoms with Crippen molar-refractivity contribution in [2.75, 3.05) is 12.4 Å². The van der Waals surface area contributed by atoms with Gasteiger partial charge in [0.1, 0.15) is 6.04 Å². The number of amides is 3. The summed E-state index contributed by atoms with van der Waals surface area (Å²) in [6.45, 7) is 3.99. The summed E-state index contributed by atoms with van der Waals surface area (Å²) in [5.41, 5.74) is 1.03. The average molecular weight is 373 g/mol. The fourth-order valence-corrected chi connectivity index (χ4v) is 3.04. The van der Waals surface area contributed by atoms with Gasteiger partial charge in [-0.25, -0.2) is 0 Å². The number of hydrogen-bond donors (Lipinski definition) is 3. The molecule has 0 spiro atoms. The van der Waals surface area contributed by atoms with Gasteiger partial charge in [0, 0.05) is 18.3 Å². The first-order valence-electron chi connectivity index (χ1n) is 8.38. The molecule has 2 aromatic rings. The van der Waals surface area contributed by atoms with Crippen LogP contribution in [0.4, 0.5) is 5.69 Å². The molecule has 0 fully saturated rings. The van der Waals surface area contributed by atoms with Crippen LogP contribution in [0.25, 0.3) is 0 Å². The van der Waals surface area contributed by atoms with E-state index in [0.717, 1.165) is 0 Å². The molecular formula is C19H23N3O3S. The zero-order chi connectivity index (χ0) is 19.1. The van der Waals surface area contributed by atoms with Crippen molar-refractivity contribution in [3.63, 3.8) is 0 Å². The number of hydrogen-bond acceptors (Lipinski definition) is 4. The number of likely N-dealkylation sites (N-methyl/N-ethyl adjacent to an activating group) is 1. The molecule has 1 unspecified atom stereocenters. The molecule has 2 rings (SSSR count). The lowest BCUT2D eigenvalue weighted by molar-refractivity contribution is -0.122. The SMILES string of the molecule is CNC(=O)C(CC(C)C)NC(=O)c1ccc(NC(=O)c2cccs2)cc1. The number of anilines is 1. The molecule has 138 valence electrons. The highest BCUT2D eigenvalue weighted by Crippen LogP contribution is 2.15. The van der Waals surface area contributed by atoms with Gasteiger partial charge in [-0.05, 0) is 48.1 Å². The van der Waals surface area contributed by atoms with Gasteiger partial charge in [-0.3, -0.25) is 14.4 Å². The number of nitrogens with one attached hydrogen (secondary N) is 3. The summed E-state index contributed by atoms with van der Waals surface area (Å²) in [5.74, 6) is -0.455. The molecule has 0 aliphatic heterocycles. The van der Waals surface area contributed by atoms with Gasteiger partial charge >= 0.3 is 0 Å². The molecule has 0 saturated carbocycles. The lowest BCUT2D eigenvalue weighted by Crippen LogP contribution is -2.46. The maximum Gasteiger partial charge on any atom is 0.265 e. The lowest BCUT2D eigenvalue weighted by Gasteiger charge is -2.19. The summed E-state index contributed by atoms with van der Waals surface area (Å²) < 4.78 is 0. The largest absolute Gasteiger partial charge is 0.357 e. The molecule has 3 N–H and O–H groups in total. The summed E-state index contributed by atoms with van der Waals surface area (Å²) in [4.78, 5) is 37.0. The highest BCUT2D eigenvalue weighted by Gasteiger charge is 2.21. The molecule has 1 heterocycles. The third-order valence-corrected chi connectivity index (χ3v) is 4.59. The highest BCUT2D eigenvalue weighted by atomic mass is 32.1. The molecule has 0 aliphatic carbocycles. The van der Waals surface area contributed by atoms with Gasteiger partial charge < -0.3 is 16.0 Å². The van der Waals surface area contributed by atoms with E-state index in [-0.39, 0.29) is 23.6 Å². The van der Waals surface area contributed by atoms with Crippen LogP contribution < -0.4 is 16.0 Å². The topological polar surface area (TPSA) is 87.3 Å². The van der Waals surface area contributed by atoms with Crippen LogP contribution in [0.2, 0.25) is 0 Å². The van der Waals surface area contributed by atoms with Crippen LogP contribution in [0.3, 0.4) is 0 Å². The predicted octanol–water partition coefficient (Wildman–Crippen LogP) is 2.89. The van der Waals surface area contributed by atoms with E-state index in [0.29, 0.717) is 22.5 Å². The molecule has 0 radical (unpaired) electrons. The molecule has 3 amide bonds. The van der Waals surface area contributed by atoms with Gasteiger partial charge in [-0.1, -0.05) is 19.9 Å². The first-order valence-corrected chi connectivity index (χ1v) is 9.26. The summed E-state index contributed by atoms with van der Waals surface area (Å²) in [6.07, 6.45) is 0.556. The Morgan fingerprint density at radius 1 is 1.04 bits per heavy atom. The molecule has 6 nitrogen and oxygen atoms in total. The minimum Gasteiger partial charge on any atom is -0.357 e. The number of thiophene rings is 1. The molecule has 0 bridgehead atoms. The van der Waals surface area contributed by atoms with Gasteiger partial charge in [-0.15, -0.1) is 11.3 Å². The van der Waals surface area contributed by atoms with E-state index in [1.165, 1.54) is 11.3 Å². The van der Waals surface area contributed by atoms with Crippen LogP contribution in [-0.2, 0) is 4.79 Å². The third kappa shape index (κ3) is 5.42. The van der Waals surface area contributed by atoms with E-state index in [1.807, 2.05) is 25.3 Å². The van der Waals surface area contributed by atoms with Crippen molar-refractivity contribution in [3.8, 4) is 0 Å². The first kappa shape index (κ1) is 19.7. The Morgan fingerprint density at radius 2 is 1.73 bits per heavy atom. The first-order chi connectivity index (χ1) is 12.4. The van der Waals surface area contributed by atoms with Crippen molar-refractivity contribution in [2.24, 2.45) is 5.92 Å². The molecule has 7 heteroatoms. The molecule has 1 aromatic heterocycles. The minimum absolute atomic E-state index is 0.186. The van der Waals surface area contributed by atoms with E-state index in [4.69, 9.17) is 0 Å². The summed E-state index contributed by atoms with van der Waals surface area (Å²) in [6, 6.07) is 9.55. The minimum atomic E-state index is -0.578. The Balaban J connectivity index is 2.01. The van der Waals surface area contributed by atoms with Gasteiger partial charge in [0.25, 0.3) is 11.8 Å². The molecular weight excluding hydrogens is 350 g/mol. The average Bonchev–Trinajstić information content (AvgIpc) is 3.15. The van der Waals surface area contributed by atoms with Crippen molar-refractivity contribution >= 4 is 34.7 Å². The van der Waals surface area contributed by atoms with E-state index >= 15 is 0 Å². The van der Waals surface area contributed by atoms with Gasteiger partial charge in [0.05, 0.1) is 4.88 Å². The second-order valence-corrected chi connectivity index (χ2v) is 7.23. The Kier molecular flexibility index (Phi) is 6.91. The van der Waals surface area contributed by atoms with Crippen molar-refractivity contribution in [3.05, 3.63) is 52.2 Å². The fourth-order valence-electron chi connectivity index (χ4n) is 2.42. The zero-order valence-electron chi connectivity index (χ0n) is 15.0. The lowest BCUT2D eigenvalue weighted by atomic mass is 10.0. The number of rotatable bonds is 7. The van der Waals surface area contributed by atoms with Crippen LogP contribution in [0.15, 0.2) is 41.8 Å². The Morgan fingerprint density at radius 3 is 2.27 bits per heavy atom. The van der Waals surface area contributed by atoms with Crippen LogP contribution >= 0.6 is 11.3 Å². The number of benzene rings is 1. The smallest absolute Gasteiger partial charge is 0.265 e. The molecule has 1 atom stereocenters. The van der Waals surface area contributed by atoms with E-state index < -0.39 is 6.04 Å². The number of carbonyl (C=O) groups excluding carboxylic acids is 3. The van der Waals surface area contributed by atoms with E-state index in [9.17, 15) is 14.4 Å². The molecule has 1 aromatic carbocycles. The fraction of sp³-hybridized carbons (Fsp3) is 0.316. The standard InChI is InChI=1S/C19H23N3O3S/c1-12(2)11-15(18(24)20-3)22-17(23)13-6-8-14(9-7-13)21-19(25)16-5-4-10-26-16/h4-10,12,15H,11H2,1-3H3,(H,20,24)(H,21,25)(H,22,23). The Labute approximate surface area is 157 Å². The normalized spacial score (nSPS) is 11.7. The van der Waals surface area contributed by atoms with Crippen LogP contribution in [-0.4, -0.2) is 30.8 Å². The maximum absolute atomic E-state index is 12.4. The Hall–Kier alpha value is -2.67. The van der Waals surface area contributed by atoms with Crippen molar-refractivity contribution in [1.82, 2.24) is 10.6 Å². The Bertz CT molecular complexity index is 755. The predicted molar refractivity (Wildman–Crippen MR) is 103 cm³/mol. The van der Waals surface area contributed by atoms with Crippen LogP contribution in [0.1, 0.15) is 40.3 Å².